The number of hydrogen-bond acceptors (Lipinski definition) is 5. The van der Waals surface area contributed by atoms with Gasteiger partial charge in [0.1, 0.15) is 5.01 Å². The first-order valence-corrected chi connectivity index (χ1v) is 6.40. The van der Waals surface area contributed by atoms with E-state index in [1.54, 1.807) is 11.3 Å². The fourth-order valence-corrected chi connectivity index (χ4v) is 2.01. The Morgan fingerprint density at radius 3 is 2.87 bits per heavy atom. The molecule has 0 aromatic carbocycles. The van der Waals surface area contributed by atoms with Crippen LogP contribution in [0.25, 0.3) is 0 Å². The third kappa shape index (κ3) is 2.89. The van der Waals surface area contributed by atoms with Gasteiger partial charge in [0.2, 0.25) is 0 Å². The van der Waals surface area contributed by atoms with Crippen molar-refractivity contribution in [3.05, 3.63) is 5.01 Å². The number of ether oxygens (including phenoxy) is 1. The van der Waals surface area contributed by atoms with Crippen LogP contribution in [0.1, 0.15) is 30.7 Å². The van der Waals surface area contributed by atoms with E-state index in [1.165, 1.54) is 25.7 Å². The molecule has 0 spiro atoms. The average Bonchev–Trinajstić information content (AvgIpc) is 3.14. The Hall–Kier alpha value is -0.680. The van der Waals surface area contributed by atoms with E-state index in [1.807, 2.05) is 0 Å². The van der Waals surface area contributed by atoms with Crippen LogP contribution in [-0.2, 0) is 6.54 Å². The largest absolute Gasteiger partial charge is 0.469 e. The predicted molar refractivity (Wildman–Crippen MR) is 58.0 cm³/mol. The molecule has 0 unspecified atom stereocenters. The topological polar surface area (TPSA) is 47.0 Å². The van der Waals surface area contributed by atoms with Crippen molar-refractivity contribution < 1.29 is 4.74 Å². The minimum atomic E-state index is 0.727. The van der Waals surface area contributed by atoms with Crippen LogP contribution in [0, 0.1) is 5.92 Å². The van der Waals surface area contributed by atoms with Crippen molar-refractivity contribution in [3.63, 3.8) is 0 Å². The Kier molecular flexibility index (Phi) is 2.58. The average molecular weight is 225 g/mol. The first-order chi connectivity index (χ1) is 7.40. The Balaban J connectivity index is 1.45. The molecule has 2 saturated carbocycles. The zero-order chi connectivity index (χ0) is 10.1. The summed E-state index contributed by atoms with van der Waals surface area (Å²) in [6.45, 7) is 1.67. The molecule has 0 amide bonds. The zero-order valence-corrected chi connectivity index (χ0v) is 9.42. The Morgan fingerprint density at radius 2 is 2.13 bits per heavy atom. The number of hydrogen-bond donors (Lipinski definition) is 1. The second-order valence-electron chi connectivity index (χ2n) is 4.37. The van der Waals surface area contributed by atoms with Gasteiger partial charge in [-0.3, -0.25) is 0 Å². The maximum atomic E-state index is 5.55. The summed E-state index contributed by atoms with van der Waals surface area (Å²) in [5, 5.41) is 13.3. The van der Waals surface area contributed by atoms with Gasteiger partial charge >= 0.3 is 0 Å². The summed E-state index contributed by atoms with van der Waals surface area (Å²) < 4.78 is 5.55. The van der Waals surface area contributed by atoms with Crippen molar-refractivity contribution in [1.29, 1.82) is 0 Å². The highest BCUT2D eigenvalue weighted by atomic mass is 32.1. The van der Waals surface area contributed by atoms with Gasteiger partial charge in [-0.1, -0.05) is 11.3 Å². The molecular formula is C10H15N3OS. The van der Waals surface area contributed by atoms with Gasteiger partial charge in [0.25, 0.3) is 5.19 Å². The second-order valence-corrected chi connectivity index (χ2v) is 5.40. The molecule has 82 valence electrons. The van der Waals surface area contributed by atoms with E-state index in [9.17, 15) is 0 Å². The fourth-order valence-electron chi connectivity index (χ4n) is 1.36. The molecule has 0 saturated heterocycles. The monoisotopic (exact) mass is 225 g/mol. The molecule has 1 N–H and O–H groups in total. The molecule has 0 aliphatic heterocycles. The Bertz CT molecular complexity index is 303. The van der Waals surface area contributed by atoms with Crippen LogP contribution in [0.4, 0.5) is 0 Å². The number of nitrogens with zero attached hydrogens (tertiary/aromatic N) is 2. The summed E-state index contributed by atoms with van der Waals surface area (Å²) in [6.07, 6.45) is 5.25. The lowest BCUT2D eigenvalue weighted by Gasteiger charge is -1.97. The van der Waals surface area contributed by atoms with Crippen LogP contribution in [0.5, 0.6) is 5.19 Å². The smallest absolute Gasteiger partial charge is 0.294 e. The number of rotatable bonds is 6. The fraction of sp³-hybridized carbons (Fsp3) is 0.800. The van der Waals surface area contributed by atoms with Crippen LogP contribution < -0.4 is 10.1 Å². The van der Waals surface area contributed by atoms with Gasteiger partial charge in [0.05, 0.1) is 13.2 Å². The summed E-state index contributed by atoms with van der Waals surface area (Å²) in [5.74, 6) is 0.780. The molecule has 2 fully saturated rings. The highest BCUT2D eigenvalue weighted by molar-refractivity contribution is 7.13. The molecule has 3 rings (SSSR count). The molecule has 0 bridgehead atoms. The van der Waals surface area contributed by atoms with Crippen molar-refractivity contribution in [2.75, 3.05) is 6.61 Å². The van der Waals surface area contributed by atoms with Crippen LogP contribution in [0.3, 0.4) is 0 Å². The standard InChI is InChI=1S/C10H15N3OS/c1-2-7(1)6-14-10-13-12-9(15-10)5-11-8-3-4-8/h7-8,11H,1-6H2. The molecule has 2 aliphatic rings. The summed E-state index contributed by atoms with van der Waals surface area (Å²) in [5.41, 5.74) is 0. The minimum Gasteiger partial charge on any atom is -0.469 e. The van der Waals surface area contributed by atoms with E-state index >= 15 is 0 Å². The minimum absolute atomic E-state index is 0.727. The lowest BCUT2D eigenvalue weighted by molar-refractivity contribution is 0.296. The SMILES string of the molecule is C(NC1CC1)c1nnc(OCC2CC2)s1. The Labute approximate surface area is 93.1 Å². The normalized spacial score (nSPS) is 20.5. The third-order valence-corrected chi connectivity index (χ3v) is 3.54. The van der Waals surface area contributed by atoms with Gasteiger partial charge in [-0.05, 0) is 31.6 Å². The van der Waals surface area contributed by atoms with Crippen LogP contribution in [-0.4, -0.2) is 22.8 Å². The van der Waals surface area contributed by atoms with Crippen molar-refractivity contribution >= 4 is 11.3 Å². The molecule has 1 heterocycles. The molecule has 1 aromatic heterocycles. The molecular weight excluding hydrogens is 210 g/mol. The predicted octanol–water partition coefficient (Wildman–Crippen LogP) is 1.58. The third-order valence-electron chi connectivity index (χ3n) is 2.71. The maximum absolute atomic E-state index is 5.55. The molecule has 1 aromatic rings. The van der Waals surface area contributed by atoms with Gasteiger partial charge in [-0.2, -0.15) is 0 Å². The number of nitrogens with one attached hydrogen (secondary N) is 1. The summed E-state index contributed by atoms with van der Waals surface area (Å²) in [7, 11) is 0. The van der Waals surface area contributed by atoms with Gasteiger partial charge in [-0.25, -0.2) is 0 Å². The zero-order valence-electron chi connectivity index (χ0n) is 8.61. The molecule has 5 heteroatoms. The van der Waals surface area contributed by atoms with Crippen molar-refractivity contribution in [2.45, 2.75) is 38.3 Å². The van der Waals surface area contributed by atoms with E-state index in [0.29, 0.717) is 0 Å². The molecule has 4 nitrogen and oxygen atoms in total. The van der Waals surface area contributed by atoms with Crippen molar-refractivity contribution in [2.24, 2.45) is 5.92 Å². The van der Waals surface area contributed by atoms with Gasteiger partial charge < -0.3 is 10.1 Å². The van der Waals surface area contributed by atoms with E-state index in [4.69, 9.17) is 4.74 Å². The lowest BCUT2D eigenvalue weighted by atomic mass is 10.5. The van der Waals surface area contributed by atoms with Crippen molar-refractivity contribution in [3.8, 4) is 5.19 Å². The van der Waals surface area contributed by atoms with Gasteiger partial charge in [-0.15, -0.1) is 10.2 Å². The van der Waals surface area contributed by atoms with E-state index in [2.05, 4.69) is 15.5 Å². The highest BCUT2D eigenvalue weighted by Crippen LogP contribution is 2.30. The highest BCUT2D eigenvalue weighted by Gasteiger charge is 2.23. The van der Waals surface area contributed by atoms with Crippen LogP contribution >= 0.6 is 11.3 Å². The Morgan fingerprint density at radius 1 is 1.27 bits per heavy atom. The first-order valence-electron chi connectivity index (χ1n) is 5.59. The summed E-state index contributed by atoms with van der Waals surface area (Å²) in [6, 6.07) is 0.727. The van der Waals surface area contributed by atoms with Crippen LogP contribution in [0.15, 0.2) is 0 Å². The van der Waals surface area contributed by atoms with E-state index in [-0.39, 0.29) is 0 Å². The first kappa shape index (κ1) is 9.54. The molecule has 0 atom stereocenters. The summed E-state index contributed by atoms with van der Waals surface area (Å²) >= 11 is 1.57. The van der Waals surface area contributed by atoms with E-state index < -0.39 is 0 Å². The number of aromatic nitrogens is 2. The van der Waals surface area contributed by atoms with Crippen LogP contribution in [0.2, 0.25) is 0 Å². The van der Waals surface area contributed by atoms with E-state index in [0.717, 1.165) is 35.3 Å². The van der Waals surface area contributed by atoms with Gasteiger partial charge in [0, 0.05) is 6.04 Å². The second kappa shape index (κ2) is 4.06. The maximum Gasteiger partial charge on any atom is 0.294 e. The lowest BCUT2D eigenvalue weighted by Crippen LogP contribution is -2.14. The molecule has 15 heavy (non-hydrogen) atoms. The van der Waals surface area contributed by atoms with Gasteiger partial charge in [0.15, 0.2) is 0 Å². The van der Waals surface area contributed by atoms with Crippen molar-refractivity contribution in [1.82, 2.24) is 15.5 Å². The molecule has 0 radical (unpaired) electrons. The quantitative estimate of drug-likeness (QED) is 0.798. The summed E-state index contributed by atoms with van der Waals surface area (Å²) in [4.78, 5) is 0. The molecule has 2 aliphatic carbocycles.